The molecule has 130 valence electrons. The van der Waals surface area contributed by atoms with Crippen LogP contribution in [0, 0.1) is 6.92 Å². The van der Waals surface area contributed by atoms with Crippen LogP contribution in [0.25, 0.3) is 6.08 Å². The summed E-state index contributed by atoms with van der Waals surface area (Å²) in [6, 6.07) is 12.5. The summed E-state index contributed by atoms with van der Waals surface area (Å²) in [5, 5.41) is 0. The second kappa shape index (κ2) is 8.68. The van der Waals surface area contributed by atoms with Gasteiger partial charge in [0.05, 0.1) is 14.2 Å². The molecule has 0 atom stereocenters. The zero-order valence-corrected chi connectivity index (χ0v) is 14.4. The van der Waals surface area contributed by atoms with Gasteiger partial charge in [0, 0.05) is 11.6 Å². The van der Waals surface area contributed by atoms with Gasteiger partial charge in [-0.3, -0.25) is 4.79 Å². The fourth-order valence-corrected chi connectivity index (χ4v) is 2.11. The molecule has 0 unspecified atom stereocenters. The number of aryl methyl sites for hydroxylation is 1. The number of benzene rings is 2. The third-order valence-electron chi connectivity index (χ3n) is 3.53. The van der Waals surface area contributed by atoms with Crippen molar-refractivity contribution in [2.45, 2.75) is 6.92 Å². The lowest BCUT2D eigenvalue weighted by atomic mass is 10.1. The summed E-state index contributed by atoms with van der Waals surface area (Å²) in [5.41, 5.74) is 2.44. The van der Waals surface area contributed by atoms with E-state index in [4.69, 9.17) is 9.47 Å². The Morgan fingerprint density at radius 3 is 2.36 bits per heavy atom. The highest BCUT2D eigenvalue weighted by molar-refractivity contribution is 5.97. The number of rotatable bonds is 7. The van der Waals surface area contributed by atoms with E-state index < -0.39 is 5.97 Å². The third-order valence-corrected chi connectivity index (χ3v) is 3.53. The number of hydrogen-bond donors (Lipinski definition) is 0. The Morgan fingerprint density at radius 2 is 1.72 bits per heavy atom. The van der Waals surface area contributed by atoms with Crippen LogP contribution in [0.2, 0.25) is 0 Å². The Kier molecular flexibility index (Phi) is 6.34. The predicted molar refractivity (Wildman–Crippen MR) is 95.0 cm³/mol. The van der Waals surface area contributed by atoms with Crippen LogP contribution in [0.3, 0.4) is 0 Å². The van der Waals surface area contributed by atoms with Crippen molar-refractivity contribution in [1.82, 2.24) is 0 Å². The number of ketones is 1. The monoisotopic (exact) mass is 340 g/mol. The van der Waals surface area contributed by atoms with Crippen molar-refractivity contribution in [2.24, 2.45) is 0 Å². The molecule has 0 amide bonds. The Balaban J connectivity index is 2.06. The molecule has 0 heterocycles. The Labute approximate surface area is 146 Å². The first-order valence-corrected chi connectivity index (χ1v) is 7.70. The molecule has 2 rings (SSSR count). The molecule has 0 saturated carbocycles. The summed E-state index contributed by atoms with van der Waals surface area (Å²) in [7, 11) is 2.83. The first-order valence-electron chi connectivity index (χ1n) is 7.70. The van der Waals surface area contributed by atoms with Crippen LogP contribution in [0.1, 0.15) is 21.5 Å². The van der Waals surface area contributed by atoms with Gasteiger partial charge >= 0.3 is 5.97 Å². The van der Waals surface area contributed by atoms with Gasteiger partial charge in [0.1, 0.15) is 0 Å². The highest BCUT2D eigenvalue weighted by Gasteiger charge is 2.10. The van der Waals surface area contributed by atoms with E-state index in [9.17, 15) is 9.59 Å². The molecule has 5 nitrogen and oxygen atoms in total. The SMILES string of the molecule is COC(=O)/C=C/c1ccc(OCC(=O)c2ccc(C)cc2)c(OC)c1. The molecule has 0 aliphatic carbocycles. The Morgan fingerprint density at radius 1 is 1.00 bits per heavy atom. The minimum absolute atomic E-state index is 0.0865. The number of hydrogen-bond acceptors (Lipinski definition) is 5. The van der Waals surface area contributed by atoms with E-state index in [1.165, 1.54) is 20.3 Å². The summed E-state index contributed by atoms with van der Waals surface area (Å²) in [5.74, 6) is 0.376. The zero-order valence-electron chi connectivity index (χ0n) is 14.4. The maximum Gasteiger partial charge on any atom is 0.330 e. The minimum atomic E-state index is -0.442. The fraction of sp³-hybridized carbons (Fsp3) is 0.200. The highest BCUT2D eigenvalue weighted by Crippen LogP contribution is 2.28. The van der Waals surface area contributed by atoms with E-state index in [1.54, 1.807) is 36.4 Å². The molecule has 2 aromatic carbocycles. The maximum atomic E-state index is 12.2. The van der Waals surface area contributed by atoms with Crippen molar-refractivity contribution in [3.63, 3.8) is 0 Å². The number of esters is 1. The quantitative estimate of drug-likeness (QED) is 0.439. The molecule has 5 heteroatoms. The average Bonchev–Trinajstić information content (AvgIpc) is 2.64. The second-order valence-corrected chi connectivity index (χ2v) is 5.34. The summed E-state index contributed by atoms with van der Waals surface area (Å²) in [6.45, 7) is 1.88. The molecule has 0 saturated heterocycles. The summed E-state index contributed by atoms with van der Waals surface area (Å²) >= 11 is 0. The van der Waals surface area contributed by atoms with Crippen LogP contribution in [-0.4, -0.2) is 32.6 Å². The van der Waals surface area contributed by atoms with E-state index in [-0.39, 0.29) is 12.4 Å². The molecule has 2 aromatic rings. The first kappa shape index (κ1) is 18.3. The normalized spacial score (nSPS) is 10.5. The number of carbonyl (C=O) groups is 2. The molecule has 0 aliphatic rings. The van der Waals surface area contributed by atoms with E-state index in [2.05, 4.69) is 4.74 Å². The highest BCUT2D eigenvalue weighted by atomic mass is 16.5. The van der Waals surface area contributed by atoms with Crippen molar-refractivity contribution in [3.05, 3.63) is 65.2 Å². The van der Waals surface area contributed by atoms with E-state index in [1.807, 2.05) is 19.1 Å². The number of carbonyl (C=O) groups excluding carboxylic acids is 2. The van der Waals surface area contributed by atoms with E-state index in [0.717, 1.165) is 11.1 Å². The lowest BCUT2D eigenvalue weighted by Gasteiger charge is -2.11. The van der Waals surface area contributed by atoms with Crippen LogP contribution in [0.4, 0.5) is 0 Å². The van der Waals surface area contributed by atoms with E-state index >= 15 is 0 Å². The fourth-order valence-electron chi connectivity index (χ4n) is 2.11. The van der Waals surface area contributed by atoms with Gasteiger partial charge < -0.3 is 14.2 Å². The number of Topliss-reactive ketones (excluding diaryl/α,β-unsaturated/α-hetero) is 1. The van der Waals surface area contributed by atoms with Gasteiger partial charge in [-0.2, -0.15) is 0 Å². The van der Waals surface area contributed by atoms with Crippen LogP contribution < -0.4 is 9.47 Å². The summed E-state index contributed by atoms with van der Waals surface area (Å²) in [4.78, 5) is 23.3. The second-order valence-electron chi connectivity index (χ2n) is 5.34. The zero-order chi connectivity index (χ0) is 18.2. The first-order chi connectivity index (χ1) is 12.0. The topological polar surface area (TPSA) is 61.8 Å². The third kappa shape index (κ3) is 5.21. The molecule has 0 aliphatic heterocycles. The van der Waals surface area contributed by atoms with E-state index in [0.29, 0.717) is 17.1 Å². The molecular weight excluding hydrogens is 320 g/mol. The smallest absolute Gasteiger partial charge is 0.330 e. The standard InChI is InChI=1S/C20H20O5/c1-14-4-8-16(9-5-14)17(21)13-25-18-10-6-15(12-19(18)23-2)7-11-20(22)24-3/h4-12H,13H2,1-3H3/b11-7+. The van der Waals surface area contributed by atoms with Crippen molar-refractivity contribution in [1.29, 1.82) is 0 Å². The lowest BCUT2D eigenvalue weighted by Crippen LogP contribution is -2.12. The largest absolute Gasteiger partial charge is 0.493 e. The average molecular weight is 340 g/mol. The van der Waals surface area contributed by atoms with Gasteiger partial charge in [-0.1, -0.05) is 35.9 Å². The molecule has 0 N–H and O–H groups in total. The predicted octanol–water partition coefficient (Wildman–Crippen LogP) is 3.45. The molecule has 0 spiro atoms. The van der Waals surface area contributed by atoms with Gasteiger partial charge in [0.15, 0.2) is 23.9 Å². The van der Waals surface area contributed by atoms with Crippen molar-refractivity contribution < 1.29 is 23.8 Å². The Hall–Kier alpha value is -3.08. The maximum absolute atomic E-state index is 12.2. The number of methoxy groups -OCH3 is 2. The minimum Gasteiger partial charge on any atom is -0.493 e. The van der Waals surface area contributed by atoms with Crippen molar-refractivity contribution in [2.75, 3.05) is 20.8 Å². The number of ether oxygens (including phenoxy) is 3. The molecule has 0 bridgehead atoms. The molecule has 0 aromatic heterocycles. The Bertz CT molecular complexity index is 775. The molecule has 0 radical (unpaired) electrons. The van der Waals surface area contributed by atoms with Crippen LogP contribution >= 0.6 is 0 Å². The van der Waals surface area contributed by atoms with Crippen LogP contribution in [0.5, 0.6) is 11.5 Å². The van der Waals surface area contributed by atoms with Crippen molar-refractivity contribution in [3.8, 4) is 11.5 Å². The van der Waals surface area contributed by atoms with Crippen molar-refractivity contribution >= 4 is 17.8 Å². The summed E-state index contributed by atoms with van der Waals surface area (Å²) in [6.07, 6.45) is 2.92. The van der Waals surface area contributed by atoms with Gasteiger partial charge in [0.25, 0.3) is 0 Å². The van der Waals surface area contributed by atoms with Crippen LogP contribution in [0.15, 0.2) is 48.5 Å². The molecule has 0 fully saturated rings. The molecule has 25 heavy (non-hydrogen) atoms. The van der Waals surface area contributed by atoms with Crippen LogP contribution in [-0.2, 0) is 9.53 Å². The van der Waals surface area contributed by atoms with Gasteiger partial charge in [-0.15, -0.1) is 0 Å². The van der Waals surface area contributed by atoms with Gasteiger partial charge in [0.2, 0.25) is 0 Å². The molecular formula is C20H20O5. The summed E-state index contributed by atoms with van der Waals surface area (Å²) < 4.78 is 15.4. The lowest BCUT2D eigenvalue weighted by molar-refractivity contribution is -0.134. The van der Waals surface area contributed by atoms with Gasteiger partial charge in [-0.25, -0.2) is 4.79 Å². The van der Waals surface area contributed by atoms with Gasteiger partial charge in [-0.05, 0) is 30.7 Å².